The third kappa shape index (κ3) is 15.2. The van der Waals surface area contributed by atoms with Gasteiger partial charge in [-0.15, -0.1) is 0 Å². The van der Waals surface area contributed by atoms with Gasteiger partial charge in [0.05, 0.1) is 59.0 Å². The monoisotopic (exact) mass is 1090 g/mol. The number of hydrogen-bond acceptors (Lipinski definition) is 6. The Kier molecular flexibility index (Phi) is 18.9. The van der Waals surface area contributed by atoms with Crippen LogP contribution >= 0.6 is 27.5 Å². The summed E-state index contributed by atoms with van der Waals surface area (Å²) in [6.07, 6.45) is -14.6. The molecule has 0 fully saturated rings. The number of aliphatic hydroxyl groups is 1. The zero-order valence-corrected chi connectivity index (χ0v) is 40.5. The van der Waals surface area contributed by atoms with Gasteiger partial charge in [0.2, 0.25) is 5.28 Å². The smallest absolute Gasteiger partial charge is 0.417 e. The van der Waals surface area contributed by atoms with Crippen molar-refractivity contribution in [1.29, 1.82) is 0 Å². The van der Waals surface area contributed by atoms with E-state index in [0.29, 0.717) is 33.2 Å². The summed E-state index contributed by atoms with van der Waals surface area (Å²) in [5.41, 5.74) is 1.28. The van der Waals surface area contributed by atoms with Gasteiger partial charge in [-0.2, -0.15) is 52.7 Å². The van der Waals surface area contributed by atoms with E-state index in [9.17, 15) is 62.3 Å². The average Bonchev–Trinajstić information content (AvgIpc) is 3.51. The minimum Gasteiger partial charge on any atom is -0.465 e. The lowest BCUT2D eigenvalue weighted by atomic mass is 10.0. The average molecular weight is 1090 g/mol. The van der Waals surface area contributed by atoms with Crippen molar-refractivity contribution in [3.63, 3.8) is 0 Å². The molecule has 0 unspecified atom stereocenters. The summed E-state index contributed by atoms with van der Waals surface area (Å²) in [5.74, 6) is -0.981. The molecule has 0 aliphatic heterocycles. The lowest BCUT2D eigenvalue weighted by Crippen LogP contribution is -2.21. The van der Waals surface area contributed by atoms with Gasteiger partial charge in [0.25, 0.3) is 5.56 Å². The van der Waals surface area contributed by atoms with Gasteiger partial charge < -0.3 is 9.84 Å². The van der Waals surface area contributed by atoms with Gasteiger partial charge in [0.1, 0.15) is 0 Å². The number of carbonyl (C=O) groups excluding carboxylic acids is 1. The molecule has 0 spiro atoms. The second-order valence-electron chi connectivity index (χ2n) is 15.7. The SMILES string of the molecule is COC(=O)c1cc(C)ccc1C(F)(F)F.Cc1ccc(C(F)(F)F)c(CBr)c1.Cc1ccc(C(F)(F)F)c(CO)c1.Cc1ccc(C(F)(F)F)c(Cn2c3cc(-c4cnc(Cl)nc4)ccc3c(=O)n2C)c1. The summed E-state index contributed by atoms with van der Waals surface area (Å²) >= 11 is 8.77. The van der Waals surface area contributed by atoms with Crippen molar-refractivity contribution in [2.45, 2.75) is 70.9 Å². The lowest BCUT2D eigenvalue weighted by Gasteiger charge is -2.16. The number of aryl methyl sites for hydroxylation is 4. The fourth-order valence-corrected chi connectivity index (χ4v) is 7.48. The number of fused-ring (bicyclic) bond motifs is 1. The quantitative estimate of drug-likeness (QED) is 0.0771. The van der Waals surface area contributed by atoms with Crippen LogP contribution in [0.2, 0.25) is 5.28 Å². The normalized spacial score (nSPS) is 11.7. The number of aromatic nitrogens is 4. The molecular formula is C49H42BrClF12N4O4. The van der Waals surface area contributed by atoms with E-state index in [0.717, 1.165) is 48.6 Å². The van der Waals surface area contributed by atoms with Crippen LogP contribution in [-0.2, 0) is 55.0 Å². The van der Waals surface area contributed by atoms with Crippen LogP contribution in [0.5, 0.6) is 0 Å². The molecule has 0 amide bonds. The maximum absolute atomic E-state index is 13.5. The molecule has 22 heteroatoms. The highest BCUT2D eigenvalue weighted by Gasteiger charge is 2.36. The number of carbonyl (C=O) groups is 1. The van der Waals surface area contributed by atoms with Gasteiger partial charge in [-0.25, -0.2) is 14.8 Å². The van der Waals surface area contributed by atoms with Crippen LogP contribution in [0, 0.1) is 27.7 Å². The zero-order chi connectivity index (χ0) is 53.4. The van der Waals surface area contributed by atoms with Crippen molar-refractivity contribution in [2.24, 2.45) is 7.05 Å². The topological polar surface area (TPSA) is 99.2 Å². The number of ether oxygens (including phenoxy) is 1. The molecule has 1 N–H and O–H groups in total. The van der Waals surface area contributed by atoms with Crippen LogP contribution in [0.15, 0.2) is 108 Å². The molecule has 0 bridgehead atoms. The van der Waals surface area contributed by atoms with Crippen molar-refractivity contribution in [1.82, 2.24) is 19.3 Å². The van der Waals surface area contributed by atoms with Gasteiger partial charge in [0, 0.05) is 30.3 Å². The first-order valence-electron chi connectivity index (χ1n) is 20.5. The fourth-order valence-electron chi connectivity index (χ4n) is 6.92. The maximum atomic E-state index is 13.5. The van der Waals surface area contributed by atoms with Crippen LogP contribution in [0.3, 0.4) is 0 Å². The number of esters is 1. The Bertz CT molecular complexity index is 2970. The first-order valence-corrected chi connectivity index (χ1v) is 22.0. The second-order valence-corrected chi connectivity index (χ2v) is 16.6. The predicted octanol–water partition coefficient (Wildman–Crippen LogP) is 14.0. The summed E-state index contributed by atoms with van der Waals surface area (Å²) in [6, 6.07) is 20.3. The van der Waals surface area contributed by atoms with E-state index in [1.54, 1.807) is 63.0 Å². The molecule has 0 aliphatic carbocycles. The molecule has 2 heterocycles. The second kappa shape index (κ2) is 23.4. The summed E-state index contributed by atoms with van der Waals surface area (Å²) in [5, 5.41) is 9.45. The Morgan fingerprint density at radius 2 is 1.04 bits per heavy atom. The Morgan fingerprint density at radius 3 is 1.49 bits per heavy atom. The van der Waals surface area contributed by atoms with Gasteiger partial charge in [-0.3, -0.25) is 14.2 Å². The number of aliphatic hydroxyl groups excluding tert-OH is 1. The molecule has 7 aromatic rings. The Labute approximate surface area is 411 Å². The fraction of sp³-hybridized carbons (Fsp3) is 0.265. The van der Waals surface area contributed by atoms with Crippen LogP contribution in [0.4, 0.5) is 52.7 Å². The van der Waals surface area contributed by atoms with E-state index in [1.165, 1.54) is 54.2 Å². The number of methoxy groups -OCH3 is 1. The van der Waals surface area contributed by atoms with Gasteiger partial charge in [0.15, 0.2) is 0 Å². The molecule has 2 aromatic heterocycles. The number of hydrogen-bond donors (Lipinski definition) is 1. The Balaban J connectivity index is 0.000000225. The molecule has 0 radical (unpaired) electrons. The Morgan fingerprint density at radius 1 is 0.620 bits per heavy atom. The number of nitrogens with zero attached hydrogens (tertiary/aromatic N) is 4. The predicted molar refractivity (Wildman–Crippen MR) is 247 cm³/mol. The molecule has 71 heavy (non-hydrogen) atoms. The molecule has 0 aliphatic rings. The first-order chi connectivity index (χ1) is 32.9. The minimum absolute atomic E-state index is 0.0764. The third-order valence-electron chi connectivity index (χ3n) is 10.3. The number of alkyl halides is 13. The summed E-state index contributed by atoms with van der Waals surface area (Å²) in [4.78, 5) is 31.7. The zero-order valence-electron chi connectivity index (χ0n) is 38.2. The number of rotatable bonds is 6. The molecule has 0 saturated carbocycles. The van der Waals surface area contributed by atoms with Gasteiger partial charge in [-0.1, -0.05) is 86.7 Å². The molecule has 0 saturated heterocycles. The standard InChI is InChI=1S/C21H16ClF3N4O.C10H9F3O2.C9H8BrF3.C9H9F3O/c1-12-3-6-17(21(23,24)25)14(7-12)11-29-18-8-13(15-9-26-20(22)27-10-15)4-5-16(18)19(30)28(29)2;1-6-3-4-8(10(11,12)13)7(5-6)9(14)15-2;1-6-2-3-8(9(11,12)13)7(4-6)5-10;1-6-2-3-8(9(10,11)12)7(4-6)5-13/h3-10H,11H2,1-2H3;3-5H,1-2H3;2-4H,5H2,1H3;2-4,13H,5H2,1H3. The van der Waals surface area contributed by atoms with Gasteiger partial charge in [-0.05, 0) is 104 Å². The Hall–Kier alpha value is -6.19. The van der Waals surface area contributed by atoms with Crippen molar-refractivity contribution >= 4 is 44.4 Å². The number of halogens is 14. The van der Waals surface area contributed by atoms with E-state index in [2.05, 4.69) is 30.6 Å². The van der Waals surface area contributed by atoms with E-state index in [4.69, 9.17) is 16.7 Å². The minimum atomic E-state index is -4.54. The molecular weight excluding hydrogens is 1050 g/mol. The van der Waals surface area contributed by atoms with E-state index in [1.807, 2.05) is 0 Å². The number of benzene rings is 5. The van der Waals surface area contributed by atoms with E-state index in [-0.39, 0.29) is 39.4 Å². The lowest BCUT2D eigenvalue weighted by molar-refractivity contribution is -0.139. The van der Waals surface area contributed by atoms with Crippen molar-refractivity contribution in [3.8, 4) is 11.1 Å². The molecule has 7 rings (SSSR count). The highest BCUT2D eigenvalue weighted by Crippen LogP contribution is 2.36. The summed E-state index contributed by atoms with van der Waals surface area (Å²) in [6.45, 7) is 6.09. The van der Waals surface area contributed by atoms with Crippen LogP contribution in [0.25, 0.3) is 22.0 Å². The molecule has 380 valence electrons. The molecule has 0 atom stereocenters. The highest BCUT2D eigenvalue weighted by atomic mass is 79.9. The van der Waals surface area contributed by atoms with Crippen LogP contribution in [0.1, 0.15) is 71.6 Å². The van der Waals surface area contributed by atoms with Crippen LogP contribution in [-0.4, -0.2) is 37.5 Å². The maximum Gasteiger partial charge on any atom is 0.417 e. The van der Waals surface area contributed by atoms with Crippen LogP contribution < -0.4 is 5.56 Å². The first kappa shape index (κ1) is 57.4. The largest absolute Gasteiger partial charge is 0.465 e. The summed E-state index contributed by atoms with van der Waals surface area (Å²) in [7, 11) is 2.58. The molecule has 5 aromatic carbocycles. The highest BCUT2D eigenvalue weighted by molar-refractivity contribution is 9.08. The van der Waals surface area contributed by atoms with Crippen molar-refractivity contribution < 1.29 is 67.3 Å². The van der Waals surface area contributed by atoms with Crippen molar-refractivity contribution in [2.75, 3.05) is 7.11 Å². The third-order valence-corrected chi connectivity index (χ3v) is 11.1. The molecule has 8 nitrogen and oxygen atoms in total. The van der Waals surface area contributed by atoms with Crippen molar-refractivity contribution in [3.05, 3.63) is 186 Å². The summed E-state index contributed by atoms with van der Waals surface area (Å²) < 4.78 is 159. The van der Waals surface area contributed by atoms with Gasteiger partial charge >= 0.3 is 30.7 Å². The van der Waals surface area contributed by atoms with E-state index < -0.39 is 65.1 Å². The van der Waals surface area contributed by atoms with E-state index >= 15 is 0 Å².